The minimum absolute atomic E-state index is 0. The summed E-state index contributed by atoms with van der Waals surface area (Å²) in [6, 6.07) is 0. The first-order valence-corrected chi connectivity index (χ1v) is 7.57. The summed E-state index contributed by atoms with van der Waals surface area (Å²) < 4.78 is 1.40. The zero-order valence-electron chi connectivity index (χ0n) is 11.4. The first-order chi connectivity index (χ1) is 9.75. The van der Waals surface area contributed by atoms with Crippen LogP contribution in [-0.4, -0.2) is 34.9 Å². The van der Waals surface area contributed by atoms with E-state index in [-0.39, 0.29) is 29.4 Å². The minimum Gasteiger partial charge on any atom is -0.351 e. The minimum atomic E-state index is -0.339. The summed E-state index contributed by atoms with van der Waals surface area (Å²) in [5.41, 5.74) is -0.208. The van der Waals surface area contributed by atoms with Crippen molar-refractivity contribution in [3.05, 3.63) is 33.7 Å². The Kier molecular flexibility index (Phi) is 5.33. The van der Waals surface area contributed by atoms with Crippen molar-refractivity contribution < 1.29 is 4.79 Å². The van der Waals surface area contributed by atoms with Crippen molar-refractivity contribution in [3.8, 4) is 0 Å². The molecule has 1 amide bonds. The summed E-state index contributed by atoms with van der Waals surface area (Å²) in [6.07, 6.45) is 5.24. The molecule has 0 aliphatic carbocycles. The molecule has 2 N–H and O–H groups in total. The van der Waals surface area contributed by atoms with E-state index >= 15 is 0 Å². The molecule has 6 nitrogen and oxygen atoms in total. The molecule has 1 aliphatic heterocycles. The molecule has 0 bridgehead atoms. The standard InChI is InChI=1S/C13H16N4O2S.ClH/c18-11(15-7-9-2-1-3-14-6-9)10-8-16-13-17(12(10)19)4-5-20-13;/h4-5,8-9,14H,1-3,6-7H2,(H,15,18);1H. The van der Waals surface area contributed by atoms with E-state index in [0.29, 0.717) is 17.4 Å². The quantitative estimate of drug-likeness (QED) is 0.878. The van der Waals surface area contributed by atoms with Gasteiger partial charge in [-0.1, -0.05) is 0 Å². The molecule has 2 aromatic rings. The molecule has 0 spiro atoms. The lowest BCUT2D eigenvalue weighted by molar-refractivity contribution is 0.0943. The van der Waals surface area contributed by atoms with Gasteiger partial charge in [-0.2, -0.15) is 0 Å². The third-order valence-electron chi connectivity index (χ3n) is 3.54. The number of aromatic nitrogens is 2. The average molecular weight is 329 g/mol. The molecule has 3 rings (SSSR count). The van der Waals surface area contributed by atoms with Crippen LogP contribution in [0.4, 0.5) is 0 Å². The van der Waals surface area contributed by atoms with E-state index in [1.165, 1.54) is 21.9 Å². The van der Waals surface area contributed by atoms with E-state index in [2.05, 4.69) is 15.6 Å². The predicted octanol–water partition coefficient (Wildman–Crippen LogP) is 0.907. The molecule has 1 aliphatic rings. The van der Waals surface area contributed by atoms with Crippen molar-refractivity contribution in [2.45, 2.75) is 12.8 Å². The van der Waals surface area contributed by atoms with Crippen LogP contribution in [0.2, 0.25) is 0 Å². The zero-order valence-corrected chi connectivity index (χ0v) is 13.0. The highest BCUT2D eigenvalue weighted by atomic mass is 35.5. The van der Waals surface area contributed by atoms with Crippen molar-refractivity contribution in [1.82, 2.24) is 20.0 Å². The monoisotopic (exact) mass is 328 g/mol. The van der Waals surface area contributed by atoms with Crippen molar-refractivity contribution >= 4 is 34.6 Å². The number of carbonyl (C=O) groups is 1. The molecule has 1 atom stereocenters. The van der Waals surface area contributed by atoms with Crippen LogP contribution in [0.1, 0.15) is 23.2 Å². The number of rotatable bonds is 3. The van der Waals surface area contributed by atoms with Gasteiger partial charge in [0.1, 0.15) is 5.56 Å². The van der Waals surface area contributed by atoms with Crippen molar-refractivity contribution in [3.63, 3.8) is 0 Å². The maximum Gasteiger partial charge on any atom is 0.271 e. The smallest absolute Gasteiger partial charge is 0.271 e. The Morgan fingerprint density at radius 3 is 3.19 bits per heavy atom. The topological polar surface area (TPSA) is 75.5 Å². The van der Waals surface area contributed by atoms with Crippen LogP contribution in [-0.2, 0) is 0 Å². The second kappa shape index (κ2) is 7.02. The summed E-state index contributed by atoms with van der Waals surface area (Å²) in [5.74, 6) is 0.0990. The molecule has 0 aromatic carbocycles. The Hall–Kier alpha value is -1.44. The molecule has 1 saturated heterocycles. The van der Waals surface area contributed by atoms with E-state index in [0.717, 1.165) is 25.9 Å². The maximum absolute atomic E-state index is 12.1. The fraction of sp³-hybridized carbons (Fsp3) is 0.462. The number of thiazole rings is 1. The number of hydrogen-bond donors (Lipinski definition) is 2. The van der Waals surface area contributed by atoms with Gasteiger partial charge in [0.2, 0.25) is 0 Å². The Balaban J connectivity index is 0.00000161. The predicted molar refractivity (Wildman–Crippen MR) is 84.5 cm³/mol. The largest absolute Gasteiger partial charge is 0.351 e. The fourth-order valence-electron chi connectivity index (χ4n) is 2.41. The highest BCUT2D eigenvalue weighted by Crippen LogP contribution is 2.09. The summed E-state index contributed by atoms with van der Waals surface area (Å²) >= 11 is 1.37. The highest BCUT2D eigenvalue weighted by Gasteiger charge is 2.17. The van der Waals surface area contributed by atoms with Crippen LogP contribution in [0.25, 0.3) is 4.96 Å². The van der Waals surface area contributed by atoms with Gasteiger partial charge in [-0.25, -0.2) is 4.98 Å². The molecule has 3 heterocycles. The molecule has 2 aromatic heterocycles. The van der Waals surface area contributed by atoms with E-state index in [1.807, 2.05) is 0 Å². The zero-order chi connectivity index (χ0) is 13.9. The van der Waals surface area contributed by atoms with Gasteiger partial charge in [-0.3, -0.25) is 14.0 Å². The molecule has 0 radical (unpaired) electrons. The number of amides is 1. The molecule has 1 fully saturated rings. The lowest BCUT2D eigenvalue weighted by Crippen LogP contribution is -2.39. The second-order valence-corrected chi connectivity index (χ2v) is 5.83. The Morgan fingerprint density at radius 2 is 2.43 bits per heavy atom. The Labute approximate surface area is 132 Å². The third kappa shape index (κ3) is 3.42. The van der Waals surface area contributed by atoms with E-state index in [1.54, 1.807) is 11.6 Å². The second-order valence-electron chi connectivity index (χ2n) is 4.96. The summed E-state index contributed by atoms with van der Waals surface area (Å²) in [5, 5.41) is 7.92. The molecule has 1 unspecified atom stereocenters. The molecule has 8 heteroatoms. The first kappa shape index (κ1) is 15.9. The third-order valence-corrected chi connectivity index (χ3v) is 4.31. The lowest BCUT2D eigenvalue weighted by atomic mass is 10.00. The molecule has 21 heavy (non-hydrogen) atoms. The van der Waals surface area contributed by atoms with Gasteiger partial charge >= 0.3 is 0 Å². The van der Waals surface area contributed by atoms with Crippen LogP contribution < -0.4 is 16.2 Å². The molecular formula is C13H17ClN4O2S. The van der Waals surface area contributed by atoms with Gasteiger partial charge in [0, 0.05) is 24.3 Å². The number of nitrogens with zero attached hydrogens (tertiary/aromatic N) is 2. The van der Waals surface area contributed by atoms with Crippen LogP contribution in [0, 0.1) is 5.92 Å². The van der Waals surface area contributed by atoms with Gasteiger partial charge < -0.3 is 10.6 Å². The number of nitrogens with one attached hydrogen (secondary N) is 2. The number of carbonyl (C=O) groups excluding carboxylic acids is 1. The maximum atomic E-state index is 12.1. The number of hydrogen-bond acceptors (Lipinski definition) is 5. The Morgan fingerprint density at radius 1 is 1.57 bits per heavy atom. The van der Waals surface area contributed by atoms with Crippen molar-refractivity contribution in [2.75, 3.05) is 19.6 Å². The van der Waals surface area contributed by atoms with E-state index in [4.69, 9.17) is 0 Å². The summed E-state index contributed by atoms with van der Waals surface area (Å²) in [4.78, 5) is 29.0. The van der Waals surface area contributed by atoms with Crippen molar-refractivity contribution in [2.24, 2.45) is 5.92 Å². The fourth-order valence-corrected chi connectivity index (χ4v) is 3.09. The normalized spacial score (nSPS) is 18.2. The van der Waals surface area contributed by atoms with E-state index < -0.39 is 0 Å². The number of piperidine rings is 1. The first-order valence-electron chi connectivity index (χ1n) is 6.69. The van der Waals surface area contributed by atoms with Crippen LogP contribution >= 0.6 is 23.7 Å². The van der Waals surface area contributed by atoms with Gasteiger partial charge in [-0.15, -0.1) is 23.7 Å². The van der Waals surface area contributed by atoms with Gasteiger partial charge in [-0.05, 0) is 31.8 Å². The van der Waals surface area contributed by atoms with Gasteiger partial charge in [0.25, 0.3) is 11.5 Å². The SMILES string of the molecule is Cl.O=C(NCC1CCCNC1)c1cnc2sccn2c1=O. The van der Waals surface area contributed by atoms with E-state index in [9.17, 15) is 9.59 Å². The lowest BCUT2D eigenvalue weighted by Gasteiger charge is -2.22. The molecular weight excluding hydrogens is 312 g/mol. The van der Waals surface area contributed by atoms with Crippen LogP contribution in [0.3, 0.4) is 0 Å². The number of fused-ring (bicyclic) bond motifs is 1. The van der Waals surface area contributed by atoms with Crippen molar-refractivity contribution in [1.29, 1.82) is 0 Å². The highest BCUT2D eigenvalue weighted by molar-refractivity contribution is 7.15. The average Bonchev–Trinajstić information content (AvgIpc) is 2.96. The van der Waals surface area contributed by atoms with Crippen LogP contribution in [0.15, 0.2) is 22.6 Å². The summed E-state index contributed by atoms with van der Waals surface area (Å²) in [7, 11) is 0. The van der Waals surface area contributed by atoms with Gasteiger partial charge in [0.05, 0.1) is 0 Å². The Bertz CT molecular complexity index is 678. The number of halogens is 1. The van der Waals surface area contributed by atoms with Gasteiger partial charge in [0.15, 0.2) is 4.96 Å². The summed E-state index contributed by atoms with van der Waals surface area (Å²) in [6.45, 7) is 2.56. The molecule has 0 saturated carbocycles. The van der Waals surface area contributed by atoms with Crippen LogP contribution in [0.5, 0.6) is 0 Å². The molecule has 114 valence electrons.